The average molecular weight is 429 g/mol. The number of aromatic carboxylic acids is 1. The number of ether oxygens (including phenoxy) is 2. The summed E-state index contributed by atoms with van der Waals surface area (Å²) in [6.45, 7) is 0.440. The van der Waals surface area contributed by atoms with E-state index >= 15 is 0 Å². The maximum Gasteiger partial charge on any atom is 0.407 e. The standard InChI is InChI=1S/C26H23NO5/c1-31-23-14-6-8-17(24(23)25(28)29)9-7-15-27-26(30)32-16-22-20-12-4-2-10-18(20)19-11-3-5-13-21(19)22/h2-14,22H,15-16H2,1H3,(H,27,30)(H,28,29). The van der Waals surface area contributed by atoms with Gasteiger partial charge >= 0.3 is 12.1 Å². The van der Waals surface area contributed by atoms with Crippen LogP contribution in [0.2, 0.25) is 0 Å². The number of fused-ring (bicyclic) bond motifs is 3. The van der Waals surface area contributed by atoms with E-state index < -0.39 is 12.1 Å². The molecule has 3 aromatic rings. The van der Waals surface area contributed by atoms with Crippen molar-refractivity contribution in [1.29, 1.82) is 0 Å². The number of rotatable bonds is 7. The van der Waals surface area contributed by atoms with Gasteiger partial charge in [0.05, 0.1) is 7.11 Å². The lowest BCUT2D eigenvalue weighted by Crippen LogP contribution is -2.26. The summed E-state index contributed by atoms with van der Waals surface area (Å²) in [5.41, 5.74) is 5.22. The number of benzene rings is 3. The van der Waals surface area contributed by atoms with Gasteiger partial charge in [-0.1, -0.05) is 72.8 Å². The summed E-state index contributed by atoms with van der Waals surface area (Å²) < 4.78 is 10.6. The normalized spacial score (nSPS) is 12.3. The first-order valence-corrected chi connectivity index (χ1v) is 10.3. The number of carboxylic acid groups (broad SMARTS) is 1. The summed E-state index contributed by atoms with van der Waals surface area (Å²) in [6.07, 6.45) is 2.78. The van der Waals surface area contributed by atoms with Crippen LogP contribution in [0.5, 0.6) is 5.75 Å². The molecule has 0 unspecified atom stereocenters. The van der Waals surface area contributed by atoms with Crippen LogP contribution < -0.4 is 10.1 Å². The van der Waals surface area contributed by atoms with Gasteiger partial charge in [-0.2, -0.15) is 0 Å². The van der Waals surface area contributed by atoms with E-state index in [9.17, 15) is 14.7 Å². The van der Waals surface area contributed by atoms with Crippen molar-refractivity contribution in [2.24, 2.45) is 0 Å². The van der Waals surface area contributed by atoms with Gasteiger partial charge < -0.3 is 19.9 Å². The highest BCUT2D eigenvalue weighted by Gasteiger charge is 2.28. The second-order valence-corrected chi connectivity index (χ2v) is 7.34. The van der Waals surface area contributed by atoms with E-state index in [1.165, 1.54) is 18.2 Å². The minimum atomic E-state index is -1.08. The number of nitrogens with one attached hydrogen (secondary N) is 1. The summed E-state index contributed by atoms with van der Waals surface area (Å²) >= 11 is 0. The molecule has 3 aromatic carbocycles. The Kier molecular flexibility index (Phi) is 6.22. The highest BCUT2D eigenvalue weighted by atomic mass is 16.5. The fraction of sp³-hybridized carbons (Fsp3) is 0.154. The van der Waals surface area contributed by atoms with Gasteiger partial charge in [0, 0.05) is 12.5 Å². The minimum Gasteiger partial charge on any atom is -0.496 e. The molecule has 0 fully saturated rings. The fourth-order valence-corrected chi connectivity index (χ4v) is 4.06. The monoisotopic (exact) mass is 429 g/mol. The first-order valence-electron chi connectivity index (χ1n) is 10.3. The Hall–Kier alpha value is -4.06. The smallest absolute Gasteiger partial charge is 0.407 e. The molecule has 1 amide bonds. The highest BCUT2D eigenvalue weighted by Crippen LogP contribution is 2.44. The zero-order valence-electron chi connectivity index (χ0n) is 17.6. The third-order valence-electron chi connectivity index (χ3n) is 5.50. The molecule has 0 spiro atoms. The lowest BCUT2D eigenvalue weighted by atomic mass is 9.98. The highest BCUT2D eigenvalue weighted by molar-refractivity contribution is 5.95. The van der Waals surface area contributed by atoms with Crippen LogP contribution in [0.3, 0.4) is 0 Å². The van der Waals surface area contributed by atoms with Gasteiger partial charge in [0.2, 0.25) is 0 Å². The number of carbonyl (C=O) groups excluding carboxylic acids is 1. The number of carbonyl (C=O) groups is 2. The lowest BCUT2D eigenvalue weighted by Gasteiger charge is -2.14. The summed E-state index contributed by atoms with van der Waals surface area (Å²) in [5.74, 6) is -0.797. The molecular formula is C26H23NO5. The van der Waals surface area contributed by atoms with E-state index in [-0.39, 0.29) is 30.4 Å². The van der Waals surface area contributed by atoms with Crippen molar-refractivity contribution in [2.45, 2.75) is 5.92 Å². The number of amides is 1. The largest absolute Gasteiger partial charge is 0.496 e. The van der Waals surface area contributed by atoms with Crippen LogP contribution in [-0.4, -0.2) is 37.4 Å². The van der Waals surface area contributed by atoms with Gasteiger partial charge in [-0.15, -0.1) is 0 Å². The Morgan fingerprint density at radius 1 is 0.969 bits per heavy atom. The van der Waals surface area contributed by atoms with E-state index in [2.05, 4.69) is 29.6 Å². The number of alkyl carbamates (subject to hydrolysis) is 1. The number of carboxylic acids is 1. The van der Waals surface area contributed by atoms with E-state index in [0.29, 0.717) is 5.56 Å². The van der Waals surface area contributed by atoms with Crippen molar-refractivity contribution in [3.8, 4) is 16.9 Å². The molecule has 2 N–H and O–H groups in total. The van der Waals surface area contributed by atoms with Gasteiger partial charge in [0.15, 0.2) is 0 Å². The third-order valence-corrected chi connectivity index (χ3v) is 5.50. The molecule has 1 aliphatic carbocycles. The van der Waals surface area contributed by atoms with Gasteiger partial charge in [0.1, 0.15) is 17.9 Å². The number of hydrogen-bond acceptors (Lipinski definition) is 4. The molecule has 162 valence electrons. The third kappa shape index (κ3) is 4.21. The first-order chi connectivity index (χ1) is 15.6. The Bertz CT molecular complexity index is 1140. The first kappa shape index (κ1) is 21.2. The molecule has 0 bridgehead atoms. The Labute approximate surface area is 186 Å². The van der Waals surface area contributed by atoms with Gasteiger partial charge in [-0.25, -0.2) is 9.59 Å². The van der Waals surface area contributed by atoms with E-state index in [4.69, 9.17) is 9.47 Å². The minimum absolute atomic E-state index is 0.00130. The maximum absolute atomic E-state index is 12.2. The molecule has 0 heterocycles. The molecule has 32 heavy (non-hydrogen) atoms. The van der Waals surface area contributed by atoms with Crippen molar-refractivity contribution in [1.82, 2.24) is 5.32 Å². The molecule has 1 aliphatic rings. The quantitative estimate of drug-likeness (QED) is 0.555. The summed E-state index contributed by atoms with van der Waals surface area (Å²) in [7, 11) is 1.42. The van der Waals surface area contributed by atoms with Crippen molar-refractivity contribution in [3.05, 3.63) is 95.1 Å². The maximum atomic E-state index is 12.2. The summed E-state index contributed by atoms with van der Waals surface area (Å²) in [5, 5.41) is 12.1. The second kappa shape index (κ2) is 9.39. The lowest BCUT2D eigenvalue weighted by molar-refractivity contribution is 0.0693. The van der Waals surface area contributed by atoms with Crippen molar-refractivity contribution < 1.29 is 24.2 Å². The summed E-state index contributed by atoms with van der Waals surface area (Å²) in [6, 6.07) is 21.3. The van der Waals surface area contributed by atoms with E-state index in [0.717, 1.165) is 11.1 Å². The van der Waals surface area contributed by atoms with Gasteiger partial charge in [0.25, 0.3) is 0 Å². The fourth-order valence-electron chi connectivity index (χ4n) is 4.06. The van der Waals surface area contributed by atoms with Crippen molar-refractivity contribution in [2.75, 3.05) is 20.3 Å². The van der Waals surface area contributed by atoms with E-state index in [1.54, 1.807) is 30.4 Å². The number of hydrogen-bond donors (Lipinski definition) is 2. The van der Waals surface area contributed by atoms with Crippen LogP contribution in [0, 0.1) is 0 Å². The zero-order valence-corrected chi connectivity index (χ0v) is 17.6. The van der Waals surface area contributed by atoms with Crippen LogP contribution in [0.1, 0.15) is 33.0 Å². The van der Waals surface area contributed by atoms with E-state index in [1.807, 2.05) is 24.3 Å². The molecule has 0 saturated heterocycles. The SMILES string of the molecule is COc1cccc(C=CCNC(=O)OCC2c3ccccc3-c3ccccc32)c1C(=O)O. The molecule has 0 radical (unpaired) electrons. The predicted molar refractivity (Wildman–Crippen MR) is 122 cm³/mol. The summed E-state index contributed by atoms with van der Waals surface area (Å²) in [4.78, 5) is 23.8. The molecule has 6 nitrogen and oxygen atoms in total. The molecule has 0 aromatic heterocycles. The Morgan fingerprint density at radius 3 is 2.25 bits per heavy atom. The van der Waals surface area contributed by atoms with Gasteiger partial charge in [-0.05, 0) is 33.9 Å². The van der Waals surface area contributed by atoms with Crippen molar-refractivity contribution in [3.63, 3.8) is 0 Å². The molecule has 0 aliphatic heterocycles. The molecule has 0 atom stereocenters. The second-order valence-electron chi connectivity index (χ2n) is 7.34. The Morgan fingerprint density at radius 2 is 1.62 bits per heavy atom. The molecule has 4 rings (SSSR count). The predicted octanol–water partition coefficient (Wildman–Crippen LogP) is 4.95. The van der Waals surface area contributed by atoms with Crippen LogP contribution in [-0.2, 0) is 4.74 Å². The molecular weight excluding hydrogens is 406 g/mol. The van der Waals surface area contributed by atoms with Crippen LogP contribution in [0.15, 0.2) is 72.8 Å². The zero-order chi connectivity index (χ0) is 22.5. The topological polar surface area (TPSA) is 84.9 Å². The van der Waals surface area contributed by atoms with Crippen LogP contribution >= 0.6 is 0 Å². The van der Waals surface area contributed by atoms with Gasteiger partial charge in [-0.3, -0.25) is 0 Å². The number of methoxy groups -OCH3 is 1. The average Bonchev–Trinajstić information content (AvgIpc) is 3.14. The molecule has 6 heteroatoms. The van der Waals surface area contributed by atoms with Crippen LogP contribution in [0.25, 0.3) is 17.2 Å². The molecule has 0 saturated carbocycles. The van der Waals surface area contributed by atoms with Crippen molar-refractivity contribution >= 4 is 18.1 Å². The Balaban J connectivity index is 1.36. The van der Waals surface area contributed by atoms with Crippen LogP contribution in [0.4, 0.5) is 4.79 Å².